The van der Waals surface area contributed by atoms with Crippen LogP contribution in [-0.4, -0.2) is 63.0 Å². The van der Waals surface area contributed by atoms with Gasteiger partial charge in [0.1, 0.15) is 11.5 Å². The van der Waals surface area contributed by atoms with Crippen LogP contribution in [0.4, 0.5) is 0 Å². The normalized spacial score (nSPS) is 15.9. The highest BCUT2D eigenvalue weighted by molar-refractivity contribution is 14.0. The summed E-state index contributed by atoms with van der Waals surface area (Å²) >= 11 is 1.84. The number of aliphatic imine (C=N–C) groups is 1. The molecular weight excluding hydrogens is 515 g/mol. The van der Waals surface area contributed by atoms with Crippen molar-refractivity contribution in [3.8, 4) is 11.5 Å². The number of nitrogens with zero attached hydrogens (tertiary/aromatic N) is 2. The second kappa shape index (κ2) is 12.3. The van der Waals surface area contributed by atoms with Crippen LogP contribution in [0.3, 0.4) is 0 Å². The van der Waals surface area contributed by atoms with Crippen molar-refractivity contribution in [3.63, 3.8) is 0 Å². The van der Waals surface area contributed by atoms with Gasteiger partial charge in [0.25, 0.3) is 0 Å². The van der Waals surface area contributed by atoms with Crippen molar-refractivity contribution >= 4 is 41.3 Å². The Kier molecular flexibility index (Phi) is 10.2. The Bertz CT molecular complexity index is 824. The largest absolute Gasteiger partial charge is 0.508 e. The first kappa shape index (κ1) is 24.7. The van der Waals surface area contributed by atoms with Gasteiger partial charge in [0.05, 0.1) is 26.4 Å². The summed E-state index contributed by atoms with van der Waals surface area (Å²) in [6.45, 7) is 6.71. The number of rotatable bonds is 7. The van der Waals surface area contributed by atoms with Crippen molar-refractivity contribution < 1.29 is 14.6 Å². The molecule has 3 N–H and O–H groups in total. The lowest BCUT2D eigenvalue weighted by Gasteiger charge is -2.34. The van der Waals surface area contributed by atoms with Crippen LogP contribution in [0.1, 0.15) is 21.4 Å². The molecular formula is C21H31IN4O3S. The number of halogens is 1. The lowest BCUT2D eigenvalue weighted by atomic mass is 10.2. The zero-order valence-corrected chi connectivity index (χ0v) is 20.8. The minimum absolute atomic E-state index is 0. The van der Waals surface area contributed by atoms with Crippen LogP contribution in [0.2, 0.25) is 0 Å². The highest BCUT2D eigenvalue weighted by Crippen LogP contribution is 2.28. The van der Waals surface area contributed by atoms with Crippen LogP contribution >= 0.6 is 35.3 Å². The third-order valence-electron chi connectivity index (χ3n) is 5.00. The molecule has 0 radical (unpaired) electrons. The van der Waals surface area contributed by atoms with Crippen molar-refractivity contribution in [1.29, 1.82) is 0 Å². The van der Waals surface area contributed by atoms with Crippen molar-refractivity contribution in [2.45, 2.75) is 19.5 Å². The van der Waals surface area contributed by atoms with Crippen molar-refractivity contribution in [2.75, 3.05) is 47.0 Å². The number of hydrogen-bond acceptors (Lipinski definition) is 6. The minimum Gasteiger partial charge on any atom is -0.508 e. The molecule has 0 spiro atoms. The highest BCUT2D eigenvalue weighted by Gasteiger charge is 2.24. The van der Waals surface area contributed by atoms with Crippen molar-refractivity contribution in [2.24, 2.45) is 4.99 Å². The molecule has 1 saturated heterocycles. The summed E-state index contributed by atoms with van der Waals surface area (Å²) in [5.74, 6) is 1.63. The van der Waals surface area contributed by atoms with E-state index in [0.717, 1.165) is 38.4 Å². The fourth-order valence-corrected chi connectivity index (χ4v) is 4.37. The van der Waals surface area contributed by atoms with E-state index in [1.165, 1.54) is 9.75 Å². The Morgan fingerprint density at radius 3 is 2.67 bits per heavy atom. The second-order valence-electron chi connectivity index (χ2n) is 6.91. The van der Waals surface area contributed by atoms with Crippen LogP contribution in [-0.2, 0) is 11.3 Å². The molecule has 1 aromatic carbocycles. The SMILES string of the molecule is CN=C(NCc1cc(OC)ccc1O)NCC(c1ccc(C)s1)N1CCOCC1.I. The number of aryl methyl sites for hydroxylation is 1. The lowest BCUT2D eigenvalue weighted by molar-refractivity contribution is 0.0177. The van der Waals surface area contributed by atoms with E-state index in [9.17, 15) is 5.11 Å². The summed E-state index contributed by atoms with van der Waals surface area (Å²) in [6.07, 6.45) is 0. The van der Waals surface area contributed by atoms with Crippen molar-refractivity contribution in [3.05, 3.63) is 45.6 Å². The molecule has 7 nitrogen and oxygen atoms in total. The highest BCUT2D eigenvalue weighted by atomic mass is 127. The lowest BCUT2D eigenvalue weighted by Crippen LogP contribution is -2.46. The van der Waals surface area contributed by atoms with E-state index < -0.39 is 0 Å². The molecule has 1 aliphatic rings. The van der Waals surface area contributed by atoms with Crippen LogP contribution in [0.15, 0.2) is 35.3 Å². The smallest absolute Gasteiger partial charge is 0.191 e. The van der Waals surface area contributed by atoms with Gasteiger partial charge in [0.2, 0.25) is 0 Å². The Morgan fingerprint density at radius 1 is 1.27 bits per heavy atom. The van der Waals surface area contributed by atoms with Gasteiger partial charge in [-0.3, -0.25) is 9.89 Å². The number of aromatic hydroxyl groups is 1. The van der Waals surface area contributed by atoms with Gasteiger partial charge >= 0.3 is 0 Å². The van der Waals surface area contributed by atoms with Crippen LogP contribution in [0.5, 0.6) is 11.5 Å². The van der Waals surface area contributed by atoms with Crippen molar-refractivity contribution in [1.82, 2.24) is 15.5 Å². The Hall–Kier alpha value is -1.56. The average molecular weight is 546 g/mol. The molecule has 1 atom stereocenters. The maximum atomic E-state index is 10.1. The molecule has 1 fully saturated rings. The first-order valence-electron chi connectivity index (χ1n) is 9.79. The van der Waals surface area contributed by atoms with Crippen LogP contribution in [0.25, 0.3) is 0 Å². The van der Waals surface area contributed by atoms with E-state index in [1.54, 1.807) is 26.3 Å². The summed E-state index contributed by atoms with van der Waals surface area (Å²) in [4.78, 5) is 9.45. The number of guanidine groups is 1. The molecule has 1 aliphatic heterocycles. The van der Waals surface area contributed by atoms with Gasteiger partial charge < -0.3 is 25.2 Å². The predicted octanol–water partition coefficient (Wildman–Crippen LogP) is 3.13. The number of thiophene rings is 1. The molecule has 166 valence electrons. The molecule has 9 heteroatoms. The fraction of sp³-hybridized carbons (Fsp3) is 0.476. The topological polar surface area (TPSA) is 78.4 Å². The zero-order chi connectivity index (χ0) is 20.6. The van der Waals surface area contributed by atoms with Gasteiger partial charge in [-0.1, -0.05) is 0 Å². The number of ether oxygens (including phenoxy) is 2. The third-order valence-corrected chi connectivity index (χ3v) is 6.10. The van der Waals surface area contributed by atoms with Gasteiger partial charge in [0.15, 0.2) is 5.96 Å². The molecule has 0 amide bonds. The maximum Gasteiger partial charge on any atom is 0.191 e. The Labute approximate surface area is 199 Å². The monoisotopic (exact) mass is 546 g/mol. The van der Waals surface area contributed by atoms with Gasteiger partial charge in [-0.15, -0.1) is 35.3 Å². The van der Waals surface area contributed by atoms with Gasteiger partial charge in [0, 0.05) is 48.5 Å². The van der Waals surface area contributed by atoms with E-state index in [2.05, 4.69) is 39.6 Å². The first-order valence-corrected chi connectivity index (χ1v) is 10.6. The molecule has 2 aromatic rings. The van der Waals surface area contributed by atoms with Gasteiger partial charge in [-0.25, -0.2) is 0 Å². The van der Waals surface area contributed by atoms with Crippen LogP contribution < -0.4 is 15.4 Å². The molecule has 2 heterocycles. The van der Waals surface area contributed by atoms with E-state index >= 15 is 0 Å². The van der Waals surface area contributed by atoms with E-state index in [1.807, 2.05) is 17.4 Å². The molecule has 0 saturated carbocycles. The summed E-state index contributed by atoms with van der Waals surface area (Å²) in [5, 5.41) is 16.8. The number of phenolic OH excluding ortho intramolecular Hbond substituents is 1. The third kappa shape index (κ3) is 6.73. The number of nitrogens with one attached hydrogen (secondary N) is 2. The zero-order valence-electron chi connectivity index (χ0n) is 17.7. The van der Waals surface area contributed by atoms with Gasteiger partial charge in [-0.05, 0) is 37.3 Å². The number of morpholine rings is 1. The number of phenols is 1. The second-order valence-corrected chi connectivity index (χ2v) is 8.23. The molecule has 0 aliphatic carbocycles. The van der Waals surface area contributed by atoms with E-state index in [0.29, 0.717) is 18.3 Å². The molecule has 30 heavy (non-hydrogen) atoms. The Balaban J connectivity index is 0.00000320. The predicted molar refractivity (Wildman–Crippen MR) is 132 cm³/mol. The number of hydrogen-bond donors (Lipinski definition) is 3. The number of benzene rings is 1. The Morgan fingerprint density at radius 2 is 2.03 bits per heavy atom. The van der Waals surface area contributed by atoms with E-state index in [4.69, 9.17) is 9.47 Å². The quantitative estimate of drug-likeness (QED) is 0.282. The molecule has 3 rings (SSSR count). The maximum absolute atomic E-state index is 10.1. The summed E-state index contributed by atoms with van der Waals surface area (Å²) in [6, 6.07) is 9.85. The summed E-state index contributed by atoms with van der Waals surface area (Å²) in [7, 11) is 3.36. The molecule has 1 unspecified atom stereocenters. The number of methoxy groups -OCH3 is 1. The molecule has 1 aromatic heterocycles. The fourth-order valence-electron chi connectivity index (χ4n) is 3.35. The van der Waals surface area contributed by atoms with Gasteiger partial charge in [-0.2, -0.15) is 0 Å². The standard InChI is InChI=1S/C21H30N4O3S.HI/c1-15-4-7-20(29-15)18(25-8-10-28-11-9-25)14-24-21(22-2)23-13-16-12-17(27-3)5-6-19(16)26;/h4-7,12,18,26H,8-11,13-14H2,1-3H3,(H2,22,23,24);1H. The summed E-state index contributed by atoms with van der Waals surface area (Å²) < 4.78 is 10.8. The minimum atomic E-state index is 0. The van der Waals surface area contributed by atoms with E-state index in [-0.39, 0.29) is 35.8 Å². The molecule has 0 bridgehead atoms. The average Bonchev–Trinajstić information content (AvgIpc) is 3.18. The first-order chi connectivity index (χ1) is 14.1. The summed E-state index contributed by atoms with van der Waals surface area (Å²) in [5.41, 5.74) is 0.755. The van der Waals surface area contributed by atoms with Crippen LogP contribution in [0, 0.1) is 6.92 Å².